The van der Waals surface area contributed by atoms with Crippen molar-refractivity contribution in [3.63, 3.8) is 0 Å². The fourth-order valence-corrected chi connectivity index (χ4v) is 5.71. The van der Waals surface area contributed by atoms with Crippen LogP contribution in [0.15, 0.2) is 77.7 Å². The molecular weight excluding hydrogens is 581 g/mol. The first-order valence-electron chi connectivity index (χ1n) is 12.1. The Kier molecular flexibility index (Phi) is 9.93. The Morgan fingerprint density at radius 2 is 1.46 bits per heavy atom. The number of anilines is 1. The summed E-state index contributed by atoms with van der Waals surface area (Å²) in [6, 6.07) is 17.8. The van der Waals surface area contributed by atoms with Crippen molar-refractivity contribution in [1.29, 1.82) is 0 Å². The number of benzene rings is 3. The van der Waals surface area contributed by atoms with Gasteiger partial charge in [0.2, 0.25) is 11.8 Å². The summed E-state index contributed by atoms with van der Waals surface area (Å²) in [5.41, 5.74) is 0.336. The standard InChI is InChI=1S/C28H30Cl3N3O4S/c1-19(27(36)32-28(2,3)4)33(17-20-7-5-8-22(30)15-20)26(35)18-34(24-10-6-9-23(31)16-24)39(37,38)25-13-11-21(29)12-14-25/h5-16,19H,17-18H2,1-4H3,(H,32,36). The lowest BCUT2D eigenvalue weighted by atomic mass is 10.1. The molecule has 3 aromatic carbocycles. The van der Waals surface area contributed by atoms with Gasteiger partial charge in [0.05, 0.1) is 10.6 Å². The normalized spacial score (nSPS) is 12.5. The second kappa shape index (κ2) is 12.6. The van der Waals surface area contributed by atoms with Gasteiger partial charge in [0.15, 0.2) is 0 Å². The number of halogens is 3. The van der Waals surface area contributed by atoms with E-state index in [0.29, 0.717) is 20.6 Å². The van der Waals surface area contributed by atoms with Gasteiger partial charge >= 0.3 is 0 Å². The van der Waals surface area contributed by atoms with E-state index in [9.17, 15) is 18.0 Å². The van der Waals surface area contributed by atoms with Crippen LogP contribution in [0.4, 0.5) is 5.69 Å². The third kappa shape index (κ3) is 8.35. The van der Waals surface area contributed by atoms with Crippen molar-refractivity contribution in [2.24, 2.45) is 0 Å². The molecule has 0 aliphatic rings. The molecule has 11 heteroatoms. The molecule has 2 amide bonds. The quantitative estimate of drug-likeness (QED) is 0.314. The highest BCUT2D eigenvalue weighted by Crippen LogP contribution is 2.27. The molecule has 0 radical (unpaired) electrons. The van der Waals surface area contributed by atoms with Gasteiger partial charge in [-0.2, -0.15) is 0 Å². The van der Waals surface area contributed by atoms with Gasteiger partial charge in [-0.05, 0) is 87.9 Å². The summed E-state index contributed by atoms with van der Waals surface area (Å²) in [6.07, 6.45) is 0. The number of carbonyl (C=O) groups excluding carboxylic acids is 2. The molecule has 1 unspecified atom stereocenters. The number of nitrogens with zero attached hydrogens (tertiary/aromatic N) is 2. The Morgan fingerprint density at radius 1 is 0.872 bits per heavy atom. The third-order valence-corrected chi connectivity index (χ3v) is 8.19. The van der Waals surface area contributed by atoms with Crippen molar-refractivity contribution in [1.82, 2.24) is 10.2 Å². The maximum Gasteiger partial charge on any atom is 0.264 e. The number of rotatable bonds is 9. The molecule has 0 aromatic heterocycles. The van der Waals surface area contributed by atoms with Gasteiger partial charge < -0.3 is 10.2 Å². The largest absolute Gasteiger partial charge is 0.350 e. The highest BCUT2D eigenvalue weighted by Gasteiger charge is 2.33. The minimum absolute atomic E-state index is 0.0303. The van der Waals surface area contributed by atoms with E-state index < -0.39 is 34.1 Å². The molecule has 0 fully saturated rings. The molecule has 3 aromatic rings. The molecular formula is C28H30Cl3N3O4S. The van der Waals surface area contributed by atoms with Gasteiger partial charge in [-0.1, -0.05) is 53.0 Å². The number of amides is 2. The second-order valence-corrected chi connectivity index (χ2v) is 13.2. The summed E-state index contributed by atoms with van der Waals surface area (Å²) >= 11 is 18.3. The van der Waals surface area contributed by atoms with E-state index in [1.54, 1.807) is 49.4 Å². The molecule has 0 bridgehead atoms. The highest BCUT2D eigenvalue weighted by molar-refractivity contribution is 7.92. The van der Waals surface area contributed by atoms with E-state index in [4.69, 9.17) is 34.8 Å². The lowest BCUT2D eigenvalue weighted by molar-refractivity contribution is -0.140. The number of hydrogen-bond acceptors (Lipinski definition) is 4. The summed E-state index contributed by atoms with van der Waals surface area (Å²) in [7, 11) is -4.22. The van der Waals surface area contributed by atoms with Crippen LogP contribution in [0.1, 0.15) is 33.3 Å². The molecule has 208 valence electrons. The van der Waals surface area contributed by atoms with Gasteiger partial charge in [0.25, 0.3) is 10.0 Å². The zero-order valence-corrected chi connectivity index (χ0v) is 25.1. The Balaban J connectivity index is 2.04. The van der Waals surface area contributed by atoms with E-state index in [2.05, 4.69) is 5.32 Å². The minimum atomic E-state index is -4.22. The predicted octanol–water partition coefficient (Wildman–Crippen LogP) is 6.17. The maximum atomic E-state index is 13.9. The summed E-state index contributed by atoms with van der Waals surface area (Å²) in [6.45, 7) is 6.55. The van der Waals surface area contributed by atoms with Crippen LogP contribution in [0.25, 0.3) is 0 Å². The summed E-state index contributed by atoms with van der Waals surface area (Å²) < 4.78 is 28.5. The summed E-state index contributed by atoms with van der Waals surface area (Å²) in [5, 5.41) is 4.02. The number of hydrogen-bond donors (Lipinski definition) is 1. The fourth-order valence-electron chi connectivity index (χ4n) is 3.78. The minimum Gasteiger partial charge on any atom is -0.350 e. The number of sulfonamides is 1. The first-order chi connectivity index (χ1) is 18.2. The maximum absolute atomic E-state index is 13.9. The monoisotopic (exact) mass is 609 g/mol. The molecule has 0 saturated carbocycles. The Hall–Kier alpha value is -2.78. The van der Waals surface area contributed by atoms with E-state index in [1.165, 1.54) is 35.2 Å². The average Bonchev–Trinajstić information content (AvgIpc) is 2.84. The summed E-state index contributed by atoms with van der Waals surface area (Å²) in [5.74, 6) is -0.975. The van der Waals surface area contributed by atoms with Crippen LogP contribution in [-0.2, 0) is 26.2 Å². The second-order valence-electron chi connectivity index (χ2n) is 10.0. The zero-order chi connectivity index (χ0) is 29.0. The van der Waals surface area contributed by atoms with Crippen molar-refractivity contribution in [2.75, 3.05) is 10.8 Å². The third-order valence-electron chi connectivity index (χ3n) is 5.68. The number of nitrogens with one attached hydrogen (secondary N) is 1. The van der Waals surface area contributed by atoms with Crippen LogP contribution in [0, 0.1) is 0 Å². The van der Waals surface area contributed by atoms with Crippen LogP contribution in [0.5, 0.6) is 0 Å². The van der Waals surface area contributed by atoms with Crippen molar-refractivity contribution in [3.8, 4) is 0 Å². The topological polar surface area (TPSA) is 86.8 Å². The van der Waals surface area contributed by atoms with Gasteiger partial charge in [-0.3, -0.25) is 13.9 Å². The van der Waals surface area contributed by atoms with Crippen molar-refractivity contribution in [2.45, 2.75) is 50.7 Å². The van der Waals surface area contributed by atoms with E-state index in [1.807, 2.05) is 20.8 Å². The molecule has 0 spiro atoms. The predicted molar refractivity (Wildman–Crippen MR) is 157 cm³/mol. The lowest BCUT2D eigenvalue weighted by Crippen LogP contribution is -2.54. The first kappa shape index (κ1) is 30.8. The van der Waals surface area contributed by atoms with Gasteiger partial charge in [-0.15, -0.1) is 0 Å². The SMILES string of the molecule is CC(C(=O)NC(C)(C)C)N(Cc1cccc(Cl)c1)C(=O)CN(c1cccc(Cl)c1)S(=O)(=O)c1ccc(Cl)cc1. The molecule has 7 nitrogen and oxygen atoms in total. The first-order valence-corrected chi connectivity index (χ1v) is 14.6. The number of carbonyl (C=O) groups is 2. The van der Waals surface area contributed by atoms with Crippen molar-refractivity contribution in [3.05, 3.63) is 93.4 Å². The van der Waals surface area contributed by atoms with Crippen LogP contribution in [0.2, 0.25) is 15.1 Å². The summed E-state index contributed by atoms with van der Waals surface area (Å²) in [4.78, 5) is 28.3. The van der Waals surface area contributed by atoms with Crippen LogP contribution < -0.4 is 9.62 Å². The highest BCUT2D eigenvalue weighted by atomic mass is 35.5. The Morgan fingerprint density at radius 3 is 2.03 bits per heavy atom. The van der Waals surface area contributed by atoms with Gasteiger partial charge in [0.1, 0.15) is 12.6 Å². The molecule has 0 aliphatic heterocycles. The molecule has 0 aliphatic carbocycles. The zero-order valence-electron chi connectivity index (χ0n) is 22.0. The molecule has 1 atom stereocenters. The van der Waals surface area contributed by atoms with Crippen molar-refractivity contribution >= 4 is 62.3 Å². The smallest absolute Gasteiger partial charge is 0.264 e. The molecule has 0 heterocycles. The van der Waals surface area contributed by atoms with E-state index in [0.717, 1.165) is 4.31 Å². The van der Waals surface area contributed by atoms with Gasteiger partial charge in [-0.25, -0.2) is 8.42 Å². The van der Waals surface area contributed by atoms with E-state index >= 15 is 0 Å². The molecule has 0 saturated heterocycles. The van der Waals surface area contributed by atoms with Crippen LogP contribution in [0.3, 0.4) is 0 Å². The Labute approximate surface area is 244 Å². The lowest BCUT2D eigenvalue weighted by Gasteiger charge is -2.33. The molecule has 3 rings (SSSR count). The molecule has 39 heavy (non-hydrogen) atoms. The molecule has 1 N–H and O–H groups in total. The Bertz CT molecular complexity index is 1440. The average molecular weight is 611 g/mol. The fraction of sp³-hybridized carbons (Fsp3) is 0.286. The van der Waals surface area contributed by atoms with E-state index in [-0.39, 0.29) is 23.0 Å². The van der Waals surface area contributed by atoms with Gasteiger partial charge in [0, 0.05) is 27.2 Å². The van der Waals surface area contributed by atoms with Crippen LogP contribution >= 0.6 is 34.8 Å². The van der Waals surface area contributed by atoms with Crippen LogP contribution in [-0.4, -0.2) is 43.3 Å². The van der Waals surface area contributed by atoms with Crippen molar-refractivity contribution < 1.29 is 18.0 Å².